The van der Waals surface area contributed by atoms with Crippen molar-refractivity contribution in [2.24, 2.45) is 11.7 Å². The molecule has 1 amide bonds. The van der Waals surface area contributed by atoms with E-state index in [1.165, 1.54) is 0 Å². The highest BCUT2D eigenvalue weighted by Crippen LogP contribution is 2.19. The van der Waals surface area contributed by atoms with Gasteiger partial charge in [-0.05, 0) is 25.7 Å². The minimum absolute atomic E-state index is 0.0172. The maximum absolute atomic E-state index is 11.8. The monoisotopic (exact) mass is 262 g/mol. The van der Waals surface area contributed by atoms with Crippen molar-refractivity contribution in [3.8, 4) is 0 Å². The van der Waals surface area contributed by atoms with E-state index in [4.69, 9.17) is 5.73 Å². The summed E-state index contributed by atoms with van der Waals surface area (Å²) in [5, 5.41) is 0. The van der Waals surface area contributed by atoms with Crippen molar-refractivity contribution < 1.29 is 13.2 Å². The number of hydrogen-bond donors (Lipinski definition) is 1. The Balaban J connectivity index is 2.58. The van der Waals surface area contributed by atoms with E-state index in [9.17, 15) is 13.2 Å². The maximum atomic E-state index is 11.8. The SMILES string of the molecule is CCS(=O)(=O)CC(=O)N1CCCC(C(C)N)C1. The van der Waals surface area contributed by atoms with Gasteiger partial charge in [-0.25, -0.2) is 8.42 Å². The summed E-state index contributed by atoms with van der Waals surface area (Å²) in [6.07, 6.45) is 1.92. The zero-order valence-corrected chi connectivity index (χ0v) is 11.4. The number of nitrogens with zero attached hydrogens (tertiary/aromatic N) is 1. The van der Waals surface area contributed by atoms with Gasteiger partial charge >= 0.3 is 0 Å². The maximum Gasteiger partial charge on any atom is 0.237 e. The molecule has 0 spiro atoms. The van der Waals surface area contributed by atoms with Gasteiger partial charge in [0.05, 0.1) is 0 Å². The molecule has 1 fully saturated rings. The molecule has 1 aliphatic rings. The van der Waals surface area contributed by atoms with Gasteiger partial charge in [-0.1, -0.05) is 6.92 Å². The molecule has 6 heteroatoms. The molecule has 0 aromatic rings. The molecule has 17 heavy (non-hydrogen) atoms. The van der Waals surface area contributed by atoms with Crippen LogP contribution < -0.4 is 5.73 Å². The smallest absolute Gasteiger partial charge is 0.237 e. The van der Waals surface area contributed by atoms with Crippen LogP contribution in [-0.4, -0.2) is 49.9 Å². The molecule has 0 aliphatic carbocycles. The lowest BCUT2D eigenvalue weighted by Crippen LogP contribution is -2.46. The van der Waals surface area contributed by atoms with Crippen LogP contribution in [-0.2, 0) is 14.6 Å². The van der Waals surface area contributed by atoms with E-state index >= 15 is 0 Å². The van der Waals surface area contributed by atoms with E-state index in [0.29, 0.717) is 13.1 Å². The van der Waals surface area contributed by atoms with Crippen molar-refractivity contribution in [1.29, 1.82) is 0 Å². The first-order chi connectivity index (χ1) is 7.85. The Morgan fingerprint density at radius 3 is 2.71 bits per heavy atom. The number of likely N-dealkylation sites (tertiary alicyclic amines) is 1. The number of sulfone groups is 1. The highest BCUT2D eigenvalue weighted by Gasteiger charge is 2.27. The van der Waals surface area contributed by atoms with Crippen LogP contribution in [0.2, 0.25) is 0 Å². The Bertz CT molecular complexity index is 365. The minimum Gasteiger partial charge on any atom is -0.341 e. The average Bonchev–Trinajstić information content (AvgIpc) is 2.28. The molecule has 1 aliphatic heterocycles. The Hall–Kier alpha value is -0.620. The molecular weight excluding hydrogens is 240 g/mol. The van der Waals surface area contributed by atoms with Crippen LogP contribution in [0.4, 0.5) is 0 Å². The fourth-order valence-corrected chi connectivity index (χ4v) is 2.81. The summed E-state index contributed by atoms with van der Waals surface area (Å²) in [6.45, 7) is 4.74. The molecule has 1 heterocycles. The van der Waals surface area contributed by atoms with E-state index in [0.717, 1.165) is 12.8 Å². The van der Waals surface area contributed by atoms with Crippen LogP contribution in [0.3, 0.4) is 0 Å². The van der Waals surface area contributed by atoms with Crippen molar-refractivity contribution in [1.82, 2.24) is 4.90 Å². The first kappa shape index (κ1) is 14.4. The zero-order valence-electron chi connectivity index (χ0n) is 10.6. The minimum atomic E-state index is -3.23. The van der Waals surface area contributed by atoms with Crippen LogP contribution in [0.5, 0.6) is 0 Å². The topological polar surface area (TPSA) is 80.5 Å². The van der Waals surface area contributed by atoms with Crippen molar-refractivity contribution in [3.05, 3.63) is 0 Å². The summed E-state index contributed by atoms with van der Waals surface area (Å²) in [6, 6.07) is 0.0494. The lowest BCUT2D eigenvalue weighted by Gasteiger charge is -2.34. The normalized spacial score (nSPS) is 23.5. The predicted molar refractivity (Wildman–Crippen MR) is 67.3 cm³/mol. The van der Waals surface area contributed by atoms with Crippen LogP contribution in [0.25, 0.3) is 0 Å². The van der Waals surface area contributed by atoms with Gasteiger partial charge in [0.1, 0.15) is 5.75 Å². The molecule has 0 radical (unpaired) electrons. The molecule has 2 unspecified atom stereocenters. The van der Waals surface area contributed by atoms with E-state index in [-0.39, 0.29) is 29.4 Å². The molecule has 0 aromatic heterocycles. The average molecular weight is 262 g/mol. The third-order valence-corrected chi connectivity index (χ3v) is 4.90. The van der Waals surface area contributed by atoms with Crippen LogP contribution in [0, 0.1) is 5.92 Å². The third-order valence-electron chi connectivity index (χ3n) is 3.34. The third kappa shape index (κ3) is 4.27. The zero-order chi connectivity index (χ0) is 13.1. The quantitative estimate of drug-likeness (QED) is 0.773. The molecule has 2 atom stereocenters. The summed E-state index contributed by atoms with van der Waals surface area (Å²) >= 11 is 0. The van der Waals surface area contributed by atoms with E-state index in [1.54, 1.807) is 11.8 Å². The molecule has 0 saturated carbocycles. The number of rotatable bonds is 4. The summed E-state index contributed by atoms with van der Waals surface area (Å²) < 4.78 is 22.8. The fourth-order valence-electron chi connectivity index (χ4n) is 2.05. The molecule has 2 N–H and O–H groups in total. The van der Waals surface area contributed by atoms with Crippen LogP contribution in [0.1, 0.15) is 26.7 Å². The summed E-state index contributed by atoms with van der Waals surface area (Å²) in [5.41, 5.74) is 5.83. The van der Waals surface area contributed by atoms with Gasteiger partial charge < -0.3 is 10.6 Å². The van der Waals surface area contributed by atoms with E-state index in [1.807, 2.05) is 6.92 Å². The van der Waals surface area contributed by atoms with Gasteiger partial charge in [0, 0.05) is 24.9 Å². The second-order valence-corrected chi connectivity index (χ2v) is 7.13. The molecule has 1 saturated heterocycles. The summed E-state index contributed by atoms with van der Waals surface area (Å²) in [7, 11) is -3.23. The molecule has 0 aromatic carbocycles. The lowest BCUT2D eigenvalue weighted by atomic mass is 9.92. The Morgan fingerprint density at radius 2 is 2.18 bits per heavy atom. The lowest BCUT2D eigenvalue weighted by molar-refractivity contribution is -0.130. The largest absolute Gasteiger partial charge is 0.341 e. The molecule has 1 rings (SSSR count). The predicted octanol–water partition coefficient (Wildman–Crippen LogP) is 0.00690. The number of amides is 1. The van der Waals surface area contributed by atoms with E-state index < -0.39 is 9.84 Å². The second kappa shape index (κ2) is 5.82. The number of nitrogens with two attached hydrogens (primary N) is 1. The Labute approximate surface area is 103 Å². The van der Waals surface area contributed by atoms with Crippen molar-refractivity contribution >= 4 is 15.7 Å². The van der Waals surface area contributed by atoms with Gasteiger partial charge in [-0.15, -0.1) is 0 Å². The first-order valence-electron chi connectivity index (χ1n) is 6.09. The summed E-state index contributed by atoms with van der Waals surface area (Å²) in [4.78, 5) is 13.5. The van der Waals surface area contributed by atoms with Crippen molar-refractivity contribution in [2.45, 2.75) is 32.7 Å². The standard InChI is InChI=1S/C11H22N2O3S/c1-3-17(15,16)8-11(14)13-6-4-5-10(7-13)9(2)12/h9-10H,3-8,12H2,1-2H3. The summed E-state index contributed by atoms with van der Waals surface area (Å²) in [5.74, 6) is -0.340. The van der Waals surface area contributed by atoms with Gasteiger partial charge in [-0.3, -0.25) is 4.79 Å². The van der Waals surface area contributed by atoms with Gasteiger partial charge in [0.25, 0.3) is 0 Å². The van der Waals surface area contributed by atoms with Crippen molar-refractivity contribution in [3.63, 3.8) is 0 Å². The van der Waals surface area contributed by atoms with Crippen LogP contribution >= 0.6 is 0 Å². The van der Waals surface area contributed by atoms with Crippen molar-refractivity contribution in [2.75, 3.05) is 24.6 Å². The fraction of sp³-hybridized carbons (Fsp3) is 0.909. The first-order valence-corrected chi connectivity index (χ1v) is 7.91. The highest BCUT2D eigenvalue weighted by molar-refractivity contribution is 7.92. The molecule has 100 valence electrons. The highest BCUT2D eigenvalue weighted by atomic mass is 32.2. The molecular formula is C11H22N2O3S. The molecule has 5 nitrogen and oxygen atoms in total. The van der Waals surface area contributed by atoms with E-state index in [2.05, 4.69) is 0 Å². The number of carbonyl (C=O) groups excluding carboxylic acids is 1. The number of carbonyl (C=O) groups is 1. The van der Waals surface area contributed by atoms with Crippen LogP contribution in [0.15, 0.2) is 0 Å². The number of piperidine rings is 1. The Kier molecular flexibility index (Phi) is 4.94. The second-order valence-electron chi connectivity index (χ2n) is 4.78. The molecule has 0 bridgehead atoms. The van der Waals surface area contributed by atoms with Gasteiger partial charge in [0.2, 0.25) is 5.91 Å². The van der Waals surface area contributed by atoms with Gasteiger partial charge in [0.15, 0.2) is 9.84 Å². The Morgan fingerprint density at radius 1 is 1.53 bits per heavy atom. The number of hydrogen-bond acceptors (Lipinski definition) is 4. The van der Waals surface area contributed by atoms with Gasteiger partial charge in [-0.2, -0.15) is 0 Å².